The molecule has 6 nitrogen and oxygen atoms in total. The molecule has 0 aliphatic heterocycles. The van der Waals surface area contributed by atoms with Crippen LogP contribution in [-0.4, -0.2) is 30.6 Å². The molecule has 0 bridgehead atoms. The number of H-pyrrole nitrogens is 1. The van der Waals surface area contributed by atoms with Crippen molar-refractivity contribution in [3.8, 4) is 11.4 Å². The van der Waals surface area contributed by atoms with Gasteiger partial charge in [-0.1, -0.05) is 17.3 Å². The summed E-state index contributed by atoms with van der Waals surface area (Å²) in [4.78, 5) is 8.82. The van der Waals surface area contributed by atoms with Crippen molar-refractivity contribution in [3.05, 3.63) is 53.6 Å². The Balaban J connectivity index is 1.69. The Labute approximate surface area is 116 Å². The van der Waals surface area contributed by atoms with Crippen molar-refractivity contribution in [2.75, 3.05) is 0 Å². The molecule has 1 N–H and O–H groups in total. The van der Waals surface area contributed by atoms with Crippen LogP contribution in [0.5, 0.6) is 0 Å². The summed E-state index contributed by atoms with van der Waals surface area (Å²) in [6.45, 7) is 2.02. The Hall–Kier alpha value is -2.63. The Bertz CT molecular complexity index is 658. The van der Waals surface area contributed by atoms with E-state index in [0.29, 0.717) is 5.82 Å². The van der Waals surface area contributed by atoms with Crippen LogP contribution in [0.3, 0.4) is 0 Å². The number of aromatic nitrogens is 6. The largest absolute Gasteiger partial charge is 0.254 e. The van der Waals surface area contributed by atoms with Crippen LogP contribution in [0.25, 0.3) is 11.4 Å². The third-order valence-electron chi connectivity index (χ3n) is 3.03. The van der Waals surface area contributed by atoms with Crippen molar-refractivity contribution < 1.29 is 0 Å². The first-order valence-corrected chi connectivity index (χ1v) is 6.41. The number of nitrogens with one attached hydrogen (secondary N) is 1. The van der Waals surface area contributed by atoms with Crippen molar-refractivity contribution in [1.82, 2.24) is 30.6 Å². The fraction of sp³-hybridized carbons (Fsp3) is 0.214. The van der Waals surface area contributed by atoms with Crippen molar-refractivity contribution in [3.63, 3.8) is 0 Å². The quantitative estimate of drug-likeness (QED) is 0.778. The maximum Gasteiger partial charge on any atom is 0.174 e. The number of tetrazole rings is 1. The molecule has 3 heterocycles. The van der Waals surface area contributed by atoms with Gasteiger partial charge in [0, 0.05) is 18.8 Å². The van der Waals surface area contributed by atoms with Crippen molar-refractivity contribution in [2.45, 2.75) is 19.8 Å². The second-order valence-electron chi connectivity index (χ2n) is 4.60. The first-order valence-electron chi connectivity index (χ1n) is 6.41. The van der Waals surface area contributed by atoms with Gasteiger partial charge in [0.2, 0.25) is 0 Å². The number of rotatable bonds is 4. The van der Waals surface area contributed by atoms with Crippen LogP contribution in [0, 0.1) is 6.92 Å². The van der Waals surface area contributed by atoms with Crippen molar-refractivity contribution in [1.29, 1.82) is 0 Å². The highest BCUT2D eigenvalue weighted by Crippen LogP contribution is 2.15. The monoisotopic (exact) mass is 266 g/mol. The first kappa shape index (κ1) is 12.4. The minimum Gasteiger partial charge on any atom is -0.254 e. The zero-order valence-electron chi connectivity index (χ0n) is 11.1. The van der Waals surface area contributed by atoms with Crippen molar-refractivity contribution in [2.24, 2.45) is 0 Å². The van der Waals surface area contributed by atoms with Crippen LogP contribution in [0.2, 0.25) is 0 Å². The molecular formula is C14H14N6. The summed E-state index contributed by atoms with van der Waals surface area (Å²) >= 11 is 0. The maximum atomic E-state index is 4.45. The average molecular weight is 266 g/mol. The number of nitrogens with zero attached hydrogens (tertiary/aromatic N) is 5. The third-order valence-corrected chi connectivity index (χ3v) is 3.03. The zero-order chi connectivity index (χ0) is 13.8. The van der Waals surface area contributed by atoms with Crippen LogP contribution < -0.4 is 0 Å². The second kappa shape index (κ2) is 5.56. The van der Waals surface area contributed by atoms with E-state index in [1.807, 2.05) is 37.5 Å². The summed E-state index contributed by atoms with van der Waals surface area (Å²) in [5.74, 6) is 0.717. The van der Waals surface area contributed by atoms with Gasteiger partial charge in [0.1, 0.15) is 0 Å². The van der Waals surface area contributed by atoms with Crippen LogP contribution >= 0.6 is 0 Å². The zero-order valence-corrected chi connectivity index (χ0v) is 11.1. The minimum atomic E-state index is 0.717. The smallest absolute Gasteiger partial charge is 0.174 e. The molecule has 0 aliphatic rings. The molecule has 0 aliphatic carbocycles. The van der Waals surface area contributed by atoms with Gasteiger partial charge in [-0.3, -0.25) is 9.97 Å². The number of hydrogen-bond donors (Lipinski definition) is 1. The van der Waals surface area contributed by atoms with E-state index in [0.717, 1.165) is 35.4 Å². The normalized spacial score (nSPS) is 10.7. The van der Waals surface area contributed by atoms with Gasteiger partial charge in [-0.25, -0.2) is 0 Å². The lowest BCUT2D eigenvalue weighted by atomic mass is 10.1. The van der Waals surface area contributed by atoms with E-state index >= 15 is 0 Å². The van der Waals surface area contributed by atoms with Gasteiger partial charge < -0.3 is 0 Å². The highest BCUT2D eigenvalue weighted by atomic mass is 15.5. The molecule has 6 heteroatoms. The van der Waals surface area contributed by atoms with Gasteiger partial charge in [-0.2, -0.15) is 5.21 Å². The fourth-order valence-corrected chi connectivity index (χ4v) is 1.89. The highest BCUT2D eigenvalue weighted by Gasteiger charge is 2.03. The lowest BCUT2D eigenvalue weighted by molar-refractivity contribution is 0.860. The number of aryl methyl sites for hydroxylation is 3. The summed E-state index contributed by atoms with van der Waals surface area (Å²) in [6.07, 6.45) is 5.31. The Morgan fingerprint density at radius 3 is 2.35 bits per heavy atom. The van der Waals surface area contributed by atoms with E-state index < -0.39 is 0 Å². The minimum absolute atomic E-state index is 0.717. The van der Waals surface area contributed by atoms with E-state index in [1.165, 1.54) is 0 Å². The molecule has 3 aromatic rings. The molecule has 0 fully saturated rings. The lowest BCUT2D eigenvalue weighted by Crippen LogP contribution is -1.95. The Morgan fingerprint density at radius 1 is 0.950 bits per heavy atom. The average Bonchev–Trinajstić information content (AvgIpc) is 3.00. The summed E-state index contributed by atoms with van der Waals surface area (Å²) < 4.78 is 0. The molecule has 0 aromatic carbocycles. The SMILES string of the molecule is Cc1ccc(-c2ccc(CCc3nn[nH]n3)cn2)nc1. The summed E-state index contributed by atoms with van der Waals surface area (Å²) in [7, 11) is 0. The van der Waals surface area contributed by atoms with E-state index in [1.54, 1.807) is 0 Å². The first-order chi connectivity index (χ1) is 9.81. The predicted molar refractivity (Wildman–Crippen MR) is 73.8 cm³/mol. The van der Waals surface area contributed by atoms with E-state index in [2.05, 4.69) is 36.7 Å². The molecule has 0 amide bonds. The number of hydrogen-bond acceptors (Lipinski definition) is 5. The van der Waals surface area contributed by atoms with Crippen LogP contribution in [-0.2, 0) is 12.8 Å². The highest BCUT2D eigenvalue weighted by molar-refractivity contribution is 5.53. The molecular weight excluding hydrogens is 252 g/mol. The summed E-state index contributed by atoms with van der Waals surface area (Å²) in [6, 6.07) is 8.07. The number of pyridine rings is 2. The topological polar surface area (TPSA) is 80.2 Å². The molecule has 0 saturated carbocycles. The van der Waals surface area contributed by atoms with E-state index in [4.69, 9.17) is 0 Å². The maximum absolute atomic E-state index is 4.45. The molecule has 0 spiro atoms. The van der Waals surface area contributed by atoms with Crippen molar-refractivity contribution >= 4 is 0 Å². The van der Waals surface area contributed by atoms with Gasteiger partial charge in [-0.15, -0.1) is 10.2 Å². The van der Waals surface area contributed by atoms with E-state index in [9.17, 15) is 0 Å². The fourth-order valence-electron chi connectivity index (χ4n) is 1.89. The van der Waals surface area contributed by atoms with Crippen LogP contribution in [0.15, 0.2) is 36.7 Å². The van der Waals surface area contributed by atoms with Crippen LogP contribution in [0.4, 0.5) is 0 Å². The van der Waals surface area contributed by atoms with Gasteiger partial charge >= 0.3 is 0 Å². The predicted octanol–water partition coefficient (Wildman–Crippen LogP) is 1.75. The van der Waals surface area contributed by atoms with E-state index in [-0.39, 0.29) is 0 Å². The van der Waals surface area contributed by atoms with Gasteiger partial charge in [0.05, 0.1) is 11.4 Å². The Morgan fingerprint density at radius 2 is 1.75 bits per heavy atom. The molecule has 100 valence electrons. The Kier molecular flexibility index (Phi) is 3.45. The second-order valence-corrected chi connectivity index (χ2v) is 4.60. The van der Waals surface area contributed by atoms with Crippen LogP contribution in [0.1, 0.15) is 17.0 Å². The third kappa shape index (κ3) is 2.85. The summed E-state index contributed by atoms with van der Waals surface area (Å²) in [5, 5.41) is 13.8. The van der Waals surface area contributed by atoms with Gasteiger partial charge in [-0.05, 0) is 36.6 Å². The molecule has 0 radical (unpaired) electrons. The lowest BCUT2D eigenvalue weighted by Gasteiger charge is -2.02. The molecule has 3 aromatic heterocycles. The molecule has 0 saturated heterocycles. The van der Waals surface area contributed by atoms with Gasteiger partial charge in [0.25, 0.3) is 0 Å². The molecule has 3 rings (SSSR count). The molecule has 20 heavy (non-hydrogen) atoms. The molecule has 0 atom stereocenters. The standard InChI is InChI=1S/C14H14N6/c1-10-2-5-12(15-8-10)13-6-3-11(9-16-13)4-7-14-17-19-20-18-14/h2-3,5-6,8-9H,4,7H2,1H3,(H,17,18,19,20). The van der Waals surface area contributed by atoms with Gasteiger partial charge in [0.15, 0.2) is 5.82 Å². The number of aromatic amines is 1. The summed E-state index contributed by atoms with van der Waals surface area (Å²) in [5.41, 5.74) is 4.06. The molecule has 0 unspecified atom stereocenters.